The Hall–Kier alpha value is -7.21. The second kappa shape index (κ2) is 14.4. The molecule has 0 amide bonds. The van der Waals surface area contributed by atoms with E-state index in [0.717, 1.165) is 72.6 Å². The van der Waals surface area contributed by atoms with Gasteiger partial charge < -0.3 is 0 Å². The Kier molecular flexibility index (Phi) is 8.73. The number of fused-ring (bicyclic) bond motifs is 2. The summed E-state index contributed by atoms with van der Waals surface area (Å²) >= 11 is 0. The summed E-state index contributed by atoms with van der Waals surface area (Å²) in [5, 5.41) is 0. The van der Waals surface area contributed by atoms with Crippen LogP contribution >= 0.6 is 0 Å². The van der Waals surface area contributed by atoms with Crippen molar-refractivity contribution in [2.24, 2.45) is 0 Å². The molecular formula is C53H36N2O2S. The molecule has 0 bridgehead atoms. The minimum Gasteiger partial charge on any atom is -0.228 e. The third-order valence-corrected chi connectivity index (χ3v) is 13.1. The van der Waals surface area contributed by atoms with Crippen LogP contribution in [-0.2, 0) is 15.3 Å². The van der Waals surface area contributed by atoms with Crippen LogP contribution in [0.1, 0.15) is 22.3 Å². The highest BCUT2D eigenvalue weighted by Gasteiger charge is 2.49. The van der Waals surface area contributed by atoms with E-state index in [1.54, 1.807) is 12.1 Å². The molecule has 9 aromatic rings. The summed E-state index contributed by atoms with van der Waals surface area (Å²) in [4.78, 5) is 10.8. The van der Waals surface area contributed by atoms with Crippen LogP contribution in [0.2, 0.25) is 0 Å². The maximum absolute atomic E-state index is 14.3. The van der Waals surface area contributed by atoms with Crippen molar-refractivity contribution in [2.75, 3.05) is 0 Å². The average Bonchev–Trinajstić information content (AvgIpc) is 3.30. The third kappa shape index (κ3) is 5.87. The van der Waals surface area contributed by atoms with E-state index in [1.807, 2.05) is 91.0 Å². The lowest BCUT2D eigenvalue weighted by molar-refractivity contribution is 0.579. The number of hydrogen-bond donors (Lipinski definition) is 0. The van der Waals surface area contributed by atoms with Gasteiger partial charge in [0.1, 0.15) is 0 Å². The second-order valence-corrected chi connectivity index (χ2v) is 16.4. The Morgan fingerprint density at radius 3 is 1.33 bits per heavy atom. The van der Waals surface area contributed by atoms with Gasteiger partial charge in [-0.25, -0.2) is 18.4 Å². The van der Waals surface area contributed by atoms with Gasteiger partial charge in [0.2, 0.25) is 9.84 Å². The van der Waals surface area contributed by atoms with Crippen molar-refractivity contribution in [1.82, 2.24) is 9.97 Å². The zero-order valence-corrected chi connectivity index (χ0v) is 32.2. The Labute approximate surface area is 338 Å². The first-order valence-corrected chi connectivity index (χ1v) is 20.8. The molecule has 1 aromatic heterocycles. The van der Waals surface area contributed by atoms with Crippen molar-refractivity contribution >= 4 is 9.84 Å². The minimum atomic E-state index is -3.78. The molecule has 276 valence electrons. The highest BCUT2D eigenvalue weighted by Crippen LogP contribution is 2.55. The molecule has 0 saturated carbocycles. The topological polar surface area (TPSA) is 59.9 Å². The monoisotopic (exact) mass is 764 g/mol. The summed E-state index contributed by atoms with van der Waals surface area (Å²) in [6.07, 6.45) is 0. The number of nitrogens with zero attached hydrogens (tertiary/aromatic N) is 2. The zero-order valence-electron chi connectivity index (χ0n) is 31.4. The molecular weight excluding hydrogens is 729 g/mol. The summed E-state index contributed by atoms with van der Waals surface area (Å²) in [5.41, 5.74) is 11.3. The average molecular weight is 765 g/mol. The van der Waals surface area contributed by atoms with Crippen LogP contribution in [0.5, 0.6) is 0 Å². The quantitative estimate of drug-likeness (QED) is 0.162. The number of benzene rings is 8. The molecule has 0 unspecified atom stereocenters. The SMILES string of the molecule is O=S1(=O)c2ccccc2C(c2ccccc2)(c2ccccc2-c2cccc(-c3cccc(-c4nc(-c5ccccc5)cc(-c5ccccc5)n4)c3)c2)c2ccccc21. The summed E-state index contributed by atoms with van der Waals surface area (Å²) in [6.45, 7) is 0. The molecule has 0 fully saturated rings. The minimum absolute atomic E-state index is 0.326. The predicted octanol–water partition coefficient (Wildman–Crippen LogP) is 12.3. The number of hydrogen-bond acceptors (Lipinski definition) is 4. The van der Waals surface area contributed by atoms with Gasteiger partial charge in [-0.2, -0.15) is 0 Å². The molecule has 0 saturated heterocycles. The van der Waals surface area contributed by atoms with E-state index < -0.39 is 15.3 Å². The molecule has 0 radical (unpaired) electrons. The molecule has 2 heterocycles. The molecule has 1 aliphatic rings. The van der Waals surface area contributed by atoms with Crippen LogP contribution in [0, 0.1) is 0 Å². The summed E-state index contributed by atoms with van der Waals surface area (Å²) in [5.74, 6) is 0.651. The largest absolute Gasteiger partial charge is 0.228 e. The first-order chi connectivity index (χ1) is 28.5. The van der Waals surface area contributed by atoms with Gasteiger partial charge in [0.25, 0.3) is 0 Å². The smallest absolute Gasteiger partial charge is 0.207 e. The molecule has 10 rings (SSSR count). The maximum atomic E-state index is 14.3. The van der Waals surface area contributed by atoms with E-state index in [0.29, 0.717) is 15.6 Å². The standard InChI is InChI=1S/C53H36N2O2S/c56-58(57)50-32-14-12-30-46(50)53(43-26-8-3-9-27-43,47-31-13-15-33-51(47)58)45-29-11-10-28-44(45)41-24-16-22-39(34-41)40-23-17-25-42(35-40)52-54-48(37-18-4-1-5-19-37)36-49(55-52)38-20-6-2-7-21-38/h1-36H. The highest BCUT2D eigenvalue weighted by atomic mass is 32.2. The molecule has 0 N–H and O–H groups in total. The molecule has 8 aromatic carbocycles. The normalized spacial score (nSPS) is 13.6. The van der Waals surface area contributed by atoms with Gasteiger partial charge in [-0.1, -0.05) is 188 Å². The fourth-order valence-corrected chi connectivity index (χ4v) is 10.4. The molecule has 0 spiro atoms. The van der Waals surface area contributed by atoms with Crippen molar-refractivity contribution < 1.29 is 8.42 Å². The second-order valence-electron chi connectivity index (χ2n) is 14.5. The van der Waals surface area contributed by atoms with Crippen molar-refractivity contribution in [3.05, 3.63) is 241 Å². The fraction of sp³-hybridized carbons (Fsp3) is 0.0189. The van der Waals surface area contributed by atoms with Crippen molar-refractivity contribution in [1.29, 1.82) is 0 Å². The lowest BCUT2D eigenvalue weighted by atomic mass is 9.63. The van der Waals surface area contributed by atoms with E-state index >= 15 is 0 Å². The Bertz CT molecular complexity index is 2960. The summed E-state index contributed by atoms with van der Waals surface area (Å²) < 4.78 is 28.6. The Morgan fingerprint density at radius 2 is 0.759 bits per heavy atom. The van der Waals surface area contributed by atoms with Crippen LogP contribution in [0.25, 0.3) is 56.2 Å². The zero-order chi connectivity index (χ0) is 39.1. The molecule has 5 heteroatoms. The molecule has 0 aliphatic carbocycles. The van der Waals surface area contributed by atoms with E-state index in [4.69, 9.17) is 9.97 Å². The van der Waals surface area contributed by atoms with E-state index in [9.17, 15) is 8.42 Å². The van der Waals surface area contributed by atoms with Crippen molar-refractivity contribution in [3.63, 3.8) is 0 Å². The third-order valence-electron chi connectivity index (χ3n) is 11.2. The van der Waals surface area contributed by atoms with Gasteiger partial charge in [0.05, 0.1) is 26.6 Å². The molecule has 4 nitrogen and oxygen atoms in total. The van der Waals surface area contributed by atoms with Gasteiger partial charge in [-0.3, -0.25) is 0 Å². The van der Waals surface area contributed by atoms with E-state index in [-0.39, 0.29) is 0 Å². The van der Waals surface area contributed by atoms with Crippen LogP contribution in [0.15, 0.2) is 228 Å². The van der Waals surface area contributed by atoms with Crippen LogP contribution < -0.4 is 0 Å². The predicted molar refractivity (Wildman–Crippen MR) is 233 cm³/mol. The van der Waals surface area contributed by atoms with Crippen LogP contribution in [0.4, 0.5) is 0 Å². The van der Waals surface area contributed by atoms with E-state index in [1.165, 1.54) is 0 Å². The summed E-state index contributed by atoms with van der Waals surface area (Å²) in [7, 11) is -3.78. The van der Waals surface area contributed by atoms with Gasteiger partial charge in [0, 0.05) is 16.7 Å². The van der Waals surface area contributed by atoms with Crippen LogP contribution in [-0.4, -0.2) is 18.4 Å². The Balaban J connectivity index is 1.14. The van der Waals surface area contributed by atoms with Crippen LogP contribution in [0.3, 0.4) is 0 Å². The molecule has 0 atom stereocenters. The molecule has 1 aliphatic heterocycles. The fourth-order valence-electron chi connectivity index (χ4n) is 8.59. The van der Waals surface area contributed by atoms with Gasteiger partial charge >= 0.3 is 0 Å². The lowest BCUT2D eigenvalue weighted by Crippen LogP contribution is -2.38. The first-order valence-electron chi connectivity index (χ1n) is 19.3. The maximum Gasteiger partial charge on any atom is 0.207 e. The highest BCUT2D eigenvalue weighted by molar-refractivity contribution is 7.91. The Morgan fingerprint density at radius 1 is 0.345 bits per heavy atom. The van der Waals surface area contributed by atoms with Gasteiger partial charge in [-0.05, 0) is 74.8 Å². The summed E-state index contributed by atoms with van der Waals surface area (Å²) in [6, 6.07) is 73.2. The van der Waals surface area contributed by atoms with E-state index in [2.05, 4.69) is 115 Å². The van der Waals surface area contributed by atoms with Crippen molar-refractivity contribution in [2.45, 2.75) is 15.2 Å². The van der Waals surface area contributed by atoms with Gasteiger partial charge in [0.15, 0.2) is 5.82 Å². The van der Waals surface area contributed by atoms with Gasteiger partial charge in [-0.15, -0.1) is 0 Å². The lowest BCUT2D eigenvalue weighted by Gasteiger charge is -2.42. The number of aromatic nitrogens is 2. The number of sulfone groups is 1. The number of rotatable bonds is 7. The molecule has 58 heavy (non-hydrogen) atoms. The first kappa shape index (κ1) is 35.2. The van der Waals surface area contributed by atoms with Crippen molar-refractivity contribution in [3.8, 4) is 56.2 Å².